The van der Waals surface area contributed by atoms with Gasteiger partial charge in [-0.15, -0.1) is 17.0 Å². The first kappa shape index (κ1) is 11.6. The van der Waals surface area contributed by atoms with Crippen molar-refractivity contribution >= 4 is 48.8 Å². The molecule has 0 fully saturated rings. The molecule has 62 valence electrons. The second-order valence-electron chi connectivity index (χ2n) is 2.01. The van der Waals surface area contributed by atoms with Gasteiger partial charge in [0, 0.05) is 15.5 Å². The maximum atomic E-state index is 4.30. The first-order valence-electron chi connectivity index (χ1n) is 2.92. The molecule has 11 heavy (non-hydrogen) atoms. The number of aryl methyl sites for hydroxylation is 1. The van der Waals surface area contributed by atoms with Gasteiger partial charge < -0.3 is 0 Å². The molecular weight excluding hydrogens is 338 g/mol. The van der Waals surface area contributed by atoms with Crippen LogP contribution in [-0.4, -0.2) is 4.98 Å². The molecule has 0 unspecified atom stereocenters. The average Bonchev–Trinajstić information content (AvgIpc) is 1.94. The number of alkyl halides is 1. The Bertz CT molecular complexity index is 237. The molecule has 4 heteroatoms. The van der Waals surface area contributed by atoms with Crippen LogP contribution in [-0.2, 0) is 5.33 Å². The minimum absolute atomic E-state index is 0. The predicted octanol–water partition coefficient (Wildman–Crippen LogP) is 3.63. The standard InChI is InChI=1S/C7H7Br2N.BrH/c1-5-2-3-6(9)7(4-8)10-5;/h2-3H,4H2,1H3;1H. The molecule has 0 spiro atoms. The largest absolute Gasteiger partial charge is 0.256 e. The van der Waals surface area contributed by atoms with Gasteiger partial charge >= 0.3 is 0 Å². The third-order valence-electron chi connectivity index (χ3n) is 1.18. The zero-order valence-electron chi connectivity index (χ0n) is 5.97. The van der Waals surface area contributed by atoms with Gasteiger partial charge in [-0.25, -0.2) is 0 Å². The Kier molecular flexibility index (Phi) is 5.56. The maximum Gasteiger partial charge on any atom is 0.0654 e. The zero-order chi connectivity index (χ0) is 7.56. The Labute approximate surface area is 93.6 Å². The third kappa shape index (κ3) is 3.22. The molecule has 1 aromatic heterocycles. The molecule has 0 radical (unpaired) electrons. The molecule has 0 aliphatic heterocycles. The van der Waals surface area contributed by atoms with E-state index in [2.05, 4.69) is 36.8 Å². The van der Waals surface area contributed by atoms with E-state index in [1.165, 1.54) is 0 Å². The van der Waals surface area contributed by atoms with Gasteiger partial charge in [0.1, 0.15) is 0 Å². The van der Waals surface area contributed by atoms with Crippen molar-refractivity contribution in [3.63, 3.8) is 0 Å². The fraction of sp³-hybridized carbons (Fsp3) is 0.286. The van der Waals surface area contributed by atoms with Crippen LogP contribution in [0.25, 0.3) is 0 Å². The lowest BCUT2D eigenvalue weighted by Gasteiger charge is -1.98. The van der Waals surface area contributed by atoms with Crippen LogP contribution in [0.5, 0.6) is 0 Å². The molecule has 0 aliphatic rings. The molecule has 0 aromatic carbocycles. The normalized spacial score (nSPS) is 9.00. The summed E-state index contributed by atoms with van der Waals surface area (Å²) in [6.45, 7) is 1.98. The van der Waals surface area contributed by atoms with Crippen LogP contribution in [0.4, 0.5) is 0 Å². The molecule has 0 amide bonds. The number of aromatic nitrogens is 1. The van der Waals surface area contributed by atoms with Crippen LogP contribution in [0.1, 0.15) is 11.4 Å². The second-order valence-corrected chi connectivity index (χ2v) is 3.43. The van der Waals surface area contributed by atoms with Crippen LogP contribution in [0.15, 0.2) is 16.6 Å². The average molecular weight is 346 g/mol. The van der Waals surface area contributed by atoms with E-state index in [1.807, 2.05) is 19.1 Å². The van der Waals surface area contributed by atoms with E-state index in [1.54, 1.807) is 0 Å². The smallest absolute Gasteiger partial charge is 0.0654 e. The SMILES string of the molecule is Br.Cc1ccc(Br)c(CBr)n1. The number of pyridine rings is 1. The summed E-state index contributed by atoms with van der Waals surface area (Å²) >= 11 is 6.75. The Hall–Kier alpha value is 0.590. The summed E-state index contributed by atoms with van der Waals surface area (Å²) in [5.41, 5.74) is 2.11. The van der Waals surface area contributed by atoms with Crippen molar-refractivity contribution < 1.29 is 0 Å². The lowest BCUT2D eigenvalue weighted by molar-refractivity contribution is 1.10. The number of hydrogen-bond acceptors (Lipinski definition) is 1. The van der Waals surface area contributed by atoms with E-state index in [9.17, 15) is 0 Å². The Morgan fingerprint density at radius 3 is 2.55 bits per heavy atom. The van der Waals surface area contributed by atoms with Gasteiger partial charge in [-0.2, -0.15) is 0 Å². The molecule has 0 saturated heterocycles. The van der Waals surface area contributed by atoms with Gasteiger partial charge in [-0.3, -0.25) is 4.98 Å². The van der Waals surface area contributed by atoms with Crippen molar-refractivity contribution in [2.45, 2.75) is 12.3 Å². The minimum Gasteiger partial charge on any atom is -0.256 e. The van der Waals surface area contributed by atoms with Gasteiger partial charge in [0.05, 0.1) is 5.69 Å². The first-order valence-corrected chi connectivity index (χ1v) is 4.83. The molecule has 0 atom stereocenters. The monoisotopic (exact) mass is 343 g/mol. The number of nitrogens with zero attached hydrogens (tertiary/aromatic N) is 1. The van der Waals surface area contributed by atoms with E-state index in [0.717, 1.165) is 21.2 Å². The Morgan fingerprint density at radius 2 is 2.09 bits per heavy atom. The third-order valence-corrected chi connectivity index (χ3v) is 2.44. The molecule has 1 heterocycles. The number of hydrogen-bond donors (Lipinski definition) is 0. The van der Waals surface area contributed by atoms with E-state index < -0.39 is 0 Å². The highest BCUT2D eigenvalue weighted by Gasteiger charge is 1.97. The van der Waals surface area contributed by atoms with E-state index in [4.69, 9.17) is 0 Å². The summed E-state index contributed by atoms with van der Waals surface area (Å²) in [6.07, 6.45) is 0. The quantitative estimate of drug-likeness (QED) is 0.708. The fourth-order valence-corrected chi connectivity index (χ4v) is 1.85. The first-order chi connectivity index (χ1) is 4.74. The van der Waals surface area contributed by atoms with Gasteiger partial charge in [0.25, 0.3) is 0 Å². The minimum atomic E-state index is 0. The van der Waals surface area contributed by atoms with Crippen LogP contribution in [0.3, 0.4) is 0 Å². The highest BCUT2D eigenvalue weighted by Crippen LogP contribution is 2.16. The number of halogens is 3. The molecule has 0 bridgehead atoms. The lowest BCUT2D eigenvalue weighted by Crippen LogP contribution is -1.88. The van der Waals surface area contributed by atoms with E-state index in [0.29, 0.717) is 0 Å². The predicted molar refractivity (Wildman–Crippen MR) is 59.6 cm³/mol. The highest BCUT2D eigenvalue weighted by molar-refractivity contribution is 9.10. The van der Waals surface area contributed by atoms with Gasteiger partial charge in [0.2, 0.25) is 0 Å². The summed E-state index contributed by atoms with van der Waals surface area (Å²) in [5.74, 6) is 0. The van der Waals surface area contributed by atoms with Gasteiger partial charge in [-0.1, -0.05) is 15.9 Å². The molecule has 1 aromatic rings. The molecule has 0 aliphatic carbocycles. The zero-order valence-corrected chi connectivity index (χ0v) is 10.9. The van der Waals surface area contributed by atoms with Gasteiger partial charge in [-0.05, 0) is 35.0 Å². The highest BCUT2D eigenvalue weighted by atomic mass is 79.9. The van der Waals surface area contributed by atoms with Crippen LogP contribution in [0, 0.1) is 6.92 Å². The summed E-state index contributed by atoms with van der Waals surface area (Å²) < 4.78 is 1.06. The Morgan fingerprint density at radius 1 is 1.45 bits per heavy atom. The molecule has 0 N–H and O–H groups in total. The summed E-state index contributed by atoms with van der Waals surface area (Å²) in [5, 5.41) is 0.801. The van der Waals surface area contributed by atoms with Crippen molar-refractivity contribution in [1.82, 2.24) is 4.98 Å². The van der Waals surface area contributed by atoms with Crippen LogP contribution < -0.4 is 0 Å². The van der Waals surface area contributed by atoms with Crippen LogP contribution >= 0.6 is 48.8 Å². The topological polar surface area (TPSA) is 12.9 Å². The van der Waals surface area contributed by atoms with Crippen molar-refractivity contribution in [3.05, 3.63) is 28.0 Å². The molecule has 1 nitrogen and oxygen atoms in total. The van der Waals surface area contributed by atoms with E-state index >= 15 is 0 Å². The summed E-state index contributed by atoms with van der Waals surface area (Å²) in [4.78, 5) is 4.30. The van der Waals surface area contributed by atoms with Crippen molar-refractivity contribution in [1.29, 1.82) is 0 Å². The fourth-order valence-electron chi connectivity index (χ4n) is 0.687. The van der Waals surface area contributed by atoms with Crippen molar-refractivity contribution in [2.24, 2.45) is 0 Å². The summed E-state index contributed by atoms with van der Waals surface area (Å²) in [6, 6.07) is 4.00. The number of rotatable bonds is 1. The maximum absolute atomic E-state index is 4.30. The van der Waals surface area contributed by atoms with Crippen molar-refractivity contribution in [2.75, 3.05) is 0 Å². The van der Waals surface area contributed by atoms with E-state index in [-0.39, 0.29) is 17.0 Å². The van der Waals surface area contributed by atoms with Gasteiger partial charge in [0.15, 0.2) is 0 Å². The lowest BCUT2D eigenvalue weighted by atomic mass is 10.3. The molecule has 1 rings (SSSR count). The Balaban J connectivity index is 0.000001000. The molecular formula is C7H8Br3N. The molecule has 0 saturated carbocycles. The summed E-state index contributed by atoms with van der Waals surface area (Å²) in [7, 11) is 0. The van der Waals surface area contributed by atoms with Crippen LogP contribution in [0.2, 0.25) is 0 Å². The van der Waals surface area contributed by atoms with Crippen molar-refractivity contribution in [3.8, 4) is 0 Å². The second kappa shape index (κ2) is 5.27.